The van der Waals surface area contributed by atoms with E-state index >= 15 is 0 Å². The van der Waals surface area contributed by atoms with Crippen molar-refractivity contribution < 1.29 is 17.5 Å². The fourth-order valence-electron chi connectivity index (χ4n) is 3.59. The molecule has 0 radical (unpaired) electrons. The maximum absolute atomic E-state index is 13.0. The second-order valence-electron chi connectivity index (χ2n) is 6.84. The number of aromatic nitrogens is 2. The molecule has 1 aromatic heterocycles. The number of hydrogen-bond acceptors (Lipinski definition) is 6. The number of ether oxygens (including phenoxy) is 1. The number of hydrogen-bond donors (Lipinski definition) is 0. The van der Waals surface area contributed by atoms with Gasteiger partial charge in [0.05, 0.1) is 36.4 Å². The minimum atomic E-state index is -3.20. The monoisotopic (exact) mass is 356 g/mol. The SMILES string of the molecule is O=S(=O)(C1CC1)N1CCO[C@]2(CCCN(c3ncc(F)cn3)C2)C1. The molecule has 7 nitrogen and oxygen atoms in total. The fourth-order valence-corrected chi connectivity index (χ4v) is 5.49. The predicted octanol–water partition coefficient (Wildman–Crippen LogP) is 0.779. The number of anilines is 1. The number of rotatable bonds is 3. The smallest absolute Gasteiger partial charge is 0.225 e. The molecule has 0 amide bonds. The summed E-state index contributed by atoms with van der Waals surface area (Å²) in [5.74, 6) is -0.0117. The Balaban J connectivity index is 1.52. The van der Waals surface area contributed by atoms with E-state index in [4.69, 9.17) is 4.74 Å². The van der Waals surface area contributed by atoms with Crippen LogP contribution in [0.15, 0.2) is 12.4 Å². The highest BCUT2D eigenvalue weighted by atomic mass is 32.2. The van der Waals surface area contributed by atoms with E-state index in [0.717, 1.165) is 44.6 Å². The third-order valence-electron chi connectivity index (χ3n) is 4.95. The fraction of sp³-hybridized carbons (Fsp3) is 0.733. The molecule has 0 bridgehead atoms. The molecule has 3 fully saturated rings. The predicted molar refractivity (Wildman–Crippen MR) is 85.6 cm³/mol. The standard InChI is InChI=1S/C15H21FN4O3S/c16-12-8-17-14(18-9-12)19-5-1-4-15(10-19)11-20(6-7-23-15)24(21,22)13-2-3-13/h8-9,13H,1-7,10-11H2/t15-/m0/s1. The van der Waals surface area contributed by atoms with Gasteiger partial charge in [-0.3, -0.25) is 0 Å². The molecular weight excluding hydrogens is 335 g/mol. The van der Waals surface area contributed by atoms with E-state index in [1.807, 2.05) is 4.90 Å². The molecule has 1 aromatic rings. The maximum atomic E-state index is 13.0. The van der Waals surface area contributed by atoms with Crippen LogP contribution in [0.1, 0.15) is 25.7 Å². The average molecular weight is 356 g/mol. The molecule has 24 heavy (non-hydrogen) atoms. The molecule has 1 spiro atoms. The van der Waals surface area contributed by atoms with Crippen molar-refractivity contribution in [3.63, 3.8) is 0 Å². The van der Waals surface area contributed by atoms with E-state index in [2.05, 4.69) is 9.97 Å². The van der Waals surface area contributed by atoms with Gasteiger partial charge in [-0.2, -0.15) is 4.31 Å². The quantitative estimate of drug-likeness (QED) is 0.797. The van der Waals surface area contributed by atoms with Gasteiger partial charge in [0.1, 0.15) is 0 Å². The molecule has 0 N–H and O–H groups in total. The summed E-state index contributed by atoms with van der Waals surface area (Å²) in [6.07, 6.45) is 5.49. The zero-order valence-electron chi connectivity index (χ0n) is 13.4. The van der Waals surface area contributed by atoms with Crippen LogP contribution in [-0.2, 0) is 14.8 Å². The molecule has 132 valence electrons. The van der Waals surface area contributed by atoms with Crippen molar-refractivity contribution in [3.05, 3.63) is 18.2 Å². The average Bonchev–Trinajstić information content (AvgIpc) is 3.41. The van der Waals surface area contributed by atoms with Crippen molar-refractivity contribution in [2.75, 3.05) is 37.7 Å². The number of sulfonamides is 1. The first-order valence-corrected chi connectivity index (χ1v) is 9.84. The van der Waals surface area contributed by atoms with E-state index in [-0.39, 0.29) is 5.25 Å². The van der Waals surface area contributed by atoms with Crippen molar-refractivity contribution in [2.45, 2.75) is 36.5 Å². The number of nitrogens with zero attached hydrogens (tertiary/aromatic N) is 4. The van der Waals surface area contributed by atoms with Crippen LogP contribution in [0.4, 0.5) is 10.3 Å². The van der Waals surface area contributed by atoms with Gasteiger partial charge in [0.25, 0.3) is 0 Å². The van der Waals surface area contributed by atoms with E-state index in [0.29, 0.717) is 32.2 Å². The van der Waals surface area contributed by atoms with Gasteiger partial charge < -0.3 is 9.64 Å². The molecule has 1 aliphatic carbocycles. The summed E-state index contributed by atoms with van der Waals surface area (Å²) in [5.41, 5.74) is -0.532. The molecular formula is C15H21FN4O3S. The van der Waals surface area contributed by atoms with Crippen LogP contribution in [0, 0.1) is 5.82 Å². The lowest BCUT2D eigenvalue weighted by Crippen LogP contribution is -2.61. The van der Waals surface area contributed by atoms with Gasteiger partial charge in [0.15, 0.2) is 5.82 Å². The van der Waals surface area contributed by atoms with Crippen molar-refractivity contribution in [3.8, 4) is 0 Å². The van der Waals surface area contributed by atoms with E-state index in [1.54, 1.807) is 4.31 Å². The van der Waals surface area contributed by atoms with Gasteiger partial charge >= 0.3 is 0 Å². The lowest BCUT2D eigenvalue weighted by molar-refractivity contribution is -0.0952. The molecule has 0 aromatic carbocycles. The van der Waals surface area contributed by atoms with Gasteiger partial charge in [-0.05, 0) is 25.7 Å². The normalized spacial score (nSPS) is 29.1. The van der Waals surface area contributed by atoms with E-state index in [1.165, 1.54) is 0 Å². The van der Waals surface area contributed by atoms with Gasteiger partial charge in [-0.15, -0.1) is 0 Å². The highest BCUT2D eigenvalue weighted by Gasteiger charge is 2.47. The summed E-state index contributed by atoms with van der Waals surface area (Å²) in [6.45, 7) is 2.49. The molecule has 1 saturated carbocycles. The zero-order valence-corrected chi connectivity index (χ0v) is 14.2. The molecule has 2 saturated heterocycles. The summed E-state index contributed by atoms with van der Waals surface area (Å²) < 4.78 is 45.8. The Labute approximate surface area is 140 Å². The maximum Gasteiger partial charge on any atom is 0.225 e. The molecule has 9 heteroatoms. The molecule has 3 aliphatic rings. The first-order valence-electron chi connectivity index (χ1n) is 8.34. The Morgan fingerprint density at radius 1 is 1.21 bits per heavy atom. The van der Waals surface area contributed by atoms with Crippen molar-refractivity contribution in [1.82, 2.24) is 14.3 Å². The van der Waals surface area contributed by atoms with Gasteiger partial charge in [-0.25, -0.2) is 22.8 Å². The largest absolute Gasteiger partial charge is 0.370 e. The second kappa shape index (κ2) is 5.89. The highest BCUT2D eigenvalue weighted by Crippen LogP contribution is 2.36. The molecule has 3 heterocycles. The number of piperidine rings is 1. The molecule has 1 atom stereocenters. The van der Waals surface area contributed by atoms with Crippen LogP contribution >= 0.6 is 0 Å². The van der Waals surface area contributed by atoms with E-state index in [9.17, 15) is 12.8 Å². The Morgan fingerprint density at radius 3 is 2.67 bits per heavy atom. The lowest BCUT2D eigenvalue weighted by atomic mass is 9.91. The second-order valence-corrected chi connectivity index (χ2v) is 9.05. The number of morpholine rings is 1. The summed E-state index contributed by atoms with van der Waals surface area (Å²) in [7, 11) is -3.20. The van der Waals surface area contributed by atoms with Crippen molar-refractivity contribution >= 4 is 16.0 Å². The third kappa shape index (κ3) is 3.00. The topological polar surface area (TPSA) is 75.6 Å². The summed E-state index contributed by atoms with van der Waals surface area (Å²) in [4.78, 5) is 10.0. The summed E-state index contributed by atoms with van der Waals surface area (Å²) in [5, 5.41) is -0.201. The van der Waals surface area contributed by atoms with Gasteiger partial charge in [0, 0.05) is 19.6 Å². The first kappa shape index (κ1) is 16.2. The first-order chi connectivity index (χ1) is 11.5. The van der Waals surface area contributed by atoms with Crippen molar-refractivity contribution in [2.24, 2.45) is 0 Å². The Morgan fingerprint density at radius 2 is 1.96 bits per heavy atom. The molecule has 4 rings (SSSR count). The minimum absolute atomic E-state index is 0.201. The van der Waals surface area contributed by atoms with Crippen LogP contribution in [0.2, 0.25) is 0 Å². The Bertz CT molecular complexity index is 706. The summed E-state index contributed by atoms with van der Waals surface area (Å²) >= 11 is 0. The van der Waals surface area contributed by atoms with Crippen LogP contribution in [0.25, 0.3) is 0 Å². The van der Waals surface area contributed by atoms with Crippen LogP contribution in [0.5, 0.6) is 0 Å². The number of halogens is 1. The van der Waals surface area contributed by atoms with Gasteiger partial charge in [0.2, 0.25) is 16.0 Å². The zero-order chi connectivity index (χ0) is 16.8. The van der Waals surface area contributed by atoms with Gasteiger partial charge in [-0.1, -0.05) is 0 Å². The third-order valence-corrected chi connectivity index (χ3v) is 7.29. The molecule has 2 aliphatic heterocycles. The summed E-state index contributed by atoms with van der Waals surface area (Å²) in [6, 6.07) is 0. The molecule has 0 unspecified atom stereocenters. The highest BCUT2D eigenvalue weighted by molar-refractivity contribution is 7.90. The lowest BCUT2D eigenvalue weighted by Gasteiger charge is -2.47. The Hall–Kier alpha value is -1.32. The Kier molecular flexibility index (Phi) is 3.97. The van der Waals surface area contributed by atoms with Crippen LogP contribution in [-0.4, -0.2) is 66.3 Å². The van der Waals surface area contributed by atoms with Crippen LogP contribution in [0.3, 0.4) is 0 Å². The van der Waals surface area contributed by atoms with Crippen LogP contribution < -0.4 is 4.90 Å². The van der Waals surface area contributed by atoms with E-state index < -0.39 is 21.4 Å². The minimum Gasteiger partial charge on any atom is -0.370 e. The van der Waals surface area contributed by atoms with Crippen molar-refractivity contribution in [1.29, 1.82) is 0 Å².